The van der Waals surface area contributed by atoms with Crippen LogP contribution in [0.15, 0.2) is 42.5 Å². The van der Waals surface area contributed by atoms with Gasteiger partial charge in [-0.05, 0) is 35.9 Å². The average Bonchev–Trinajstić information content (AvgIpc) is 2.93. The summed E-state index contributed by atoms with van der Waals surface area (Å²) in [6, 6.07) is 11.2. The lowest BCUT2D eigenvalue weighted by molar-refractivity contribution is -0.118. The molecule has 0 aliphatic carbocycles. The predicted molar refractivity (Wildman–Crippen MR) is 76.2 cm³/mol. The second kappa shape index (κ2) is 5.83. The molecule has 2 aromatic rings. The number of rotatable bonds is 4. The van der Waals surface area contributed by atoms with Crippen molar-refractivity contribution in [2.24, 2.45) is 0 Å². The van der Waals surface area contributed by atoms with E-state index in [1.807, 2.05) is 12.1 Å². The van der Waals surface area contributed by atoms with Crippen LogP contribution in [0.2, 0.25) is 0 Å². The van der Waals surface area contributed by atoms with Crippen LogP contribution in [0.1, 0.15) is 5.56 Å². The Labute approximate surface area is 121 Å². The first-order chi connectivity index (χ1) is 10.2. The molecule has 1 heterocycles. The second-order valence-corrected chi connectivity index (χ2v) is 4.72. The van der Waals surface area contributed by atoms with Gasteiger partial charge in [0.1, 0.15) is 17.3 Å². The Balaban J connectivity index is 1.57. The number of nitrogens with one attached hydrogen (secondary N) is 1. The Morgan fingerprint density at radius 1 is 1.29 bits per heavy atom. The summed E-state index contributed by atoms with van der Waals surface area (Å²) in [4.78, 5) is 11.8. The van der Waals surface area contributed by atoms with Crippen molar-refractivity contribution < 1.29 is 18.7 Å². The van der Waals surface area contributed by atoms with Crippen LogP contribution >= 0.6 is 0 Å². The molecule has 0 radical (unpaired) electrons. The number of ether oxygens (including phenoxy) is 2. The standard InChI is InChI=1S/C16H14FNO3/c17-12-2-1-3-14(9-12)21-10-16(19)18-13-4-5-15-11(8-13)6-7-20-15/h1-5,8-9H,6-7,10H2,(H,18,19). The van der Waals surface area contributed by atoms with E-state index in [4.69, 9.17) is 9.47 Å². The molecule has 1 aliphatic heterocycles. The van der Waals surface area contributed by atoms with E-state index in [9.17, 15) is 9.18 Å². The van der Waals surface area contributed by atoms with E-state index in [0.717, 1.165) is 17.7 Å². The Kier molecular flexibility index (Phi) is 3.73. The van der Waals surface area contributed by atoms with Gasteiger partial charge in [0.2, 0.25) is 0 Å². The van der Waals surface area contributed by atoms with Gasteiger partial charge < -0.3 is 14.8 Å². The summed E-state index contributed by atoms with van der Waals surface area (Å²) in [6.07, 6.45) is 0.846. The maximum Gasteiger partial charge on any atom is 0.262 e. The van der Waals surface area contributed by atoms with Crippen LogP contribution in [-0.4, -0.2) is 19.1 Å². The normalized spacial score (nSPS) is 12.4. The summed E-state index contributed by atoms with van der Waals surface area (Å²) in [7, 11) is 0. The van der Waals surface area contributed by atoms with Crippen molar-refractivity contribution in [1.29, 1.82) is 0 Å². The van der Waals surface area contributed by atoms with Crippen LogP contribution in [-0.2, 0) is 11.2 Å². The van der Waals surface area contributed by atoms with Crippen LogP contribution in [0, 0.1) is 5.82 Å². The molecule has 0 spiro atoms. The van der Waals surface area contributed by atoms with Crippen LogP contribution < -0.4 is 14.8 Å². The van der Waals surface area contributed by atoms with E-state index in [1.54, 1.807) is 12.1 Å². The first kappa shape index (κ1) is 13.4. The molecule has 0 saturated carbocycles. The zero-order valence-corrected chi connectivity index (χ0v) is 11.3. The molecular formula is C16H14FNO3. The SMILES string of the molecule is O=C(COc1cccc(F)c1)Nc1ccc2c(c1)CCO2. The van der Waals surface area contributed by atoms with Gasteiger partial charge in [0.15, 0.2) is 6.61 Å². The van der Waals surface area contributed by atoms with Crippen molar-refractivity contribution in [2.45, 2.75) is 6.42 Å². The maximum absolute atomic E-state index is 13.0. The topological polar surface area (TPSA) is 47.6 Å². The molecule has 0 atom stereocenters. The molecule has 2 aromatic carbocycles. The van der Waals surface area contributed by atoms with Gasteiger partial charge in [-0.3, -0.25) is 4.79 Å². The zero-order valence-electron chi connectivity index (χ0n) is 11.3. The molecule has 4 nitrogen and oxygen atoms in total. The predicted octanol–water partition coefficient (Wildman–Crippen LogP) is 2.78. The van der Waals surface area contributed by atoms with Gasteiger partial charge in [0.25, 0.3) is 5.91 Å². The molecule has 0 saturated heterocycles. The van der Waals surface area contributed by atoms with Crippen molar-refractivity contribution in [2.75, 3.05) is 18.5 Å². The summed E-state index contributed by atoms with van der Waals surface area (Å²) >= 11 is 0. The monoisotopic (exact) mass is 287 g/mol. The van der Waals surface area contributed by atoms with Crippen LogP contribution in [0.5, 0.6) is 11.5 Å². The number of hydrogen-bond donors (Lipinski definition) is 1. The smallest absolute Gasteiger partial charge is 0.262 e. The number of carbonyl (C=O) groups excluding carboxylic acids is 1. The average molecular weight is 287 g/mol. The highest BCUT2D eigenvalue weighted by Crippen LogP contribution is 2.27. The lowest BCUT2D eigenvalue weighted by atomic mass is 10.1. The molecule has 1 N–H and O–H groups in total. The fourth-order valence-corrected chi connectivity index (χ4v) is 2.17. The Bertz CT molecular complexity index is 672. The molecule has 1 aliphatic rings. The van der Waals surface area contributed by atoms with E-state index in [2.05, 4.69) is 5.32 Å². The number of carbonyl (C=O) groups is 1. The maximum atomic E-state index is 13.0. The third kappa shape index (κ3) is 3.31. The van der Waals surface area contributed by atoms with Gasteiger partial charge in [-0.15, -0.1) is 0 Å². The van der Waals surface area contributed by atoms with Gasteiger partial charge in [-0.25, -0.2) is 4.39 Å². The van der Waals surface area contributed by atoms with Crippen molar-refractivity contribution in [3.8, 4) is 11.5 Å². The summed E-state index contributed by atoms with van der Waals surface area (Å²) in [5.74, 6) is 0.501. The van der Waals surface area contributed by atoms with E-state index in [1.165, 1.54) is 18.2 Å². The summed E-state index contributed by atoms with van der Waals surface area (Å²) < 4.78 is 23.6. The Hall–Kier alpha value is -2.56. The number of benzene rings is 2. The summed E-state index contributed by atoms with van der Waals surface area (Å²) in [6.45, 7) is 0.506. The lowest BCUT2D eigenvalue weighted by Crippen LogP contribution is -2.20. The second-order valence-electron chi connectivity index (χ2n) is 4.72. The fraction of sp³-hybridized carbons (Fsp3) is 0.188. The largest absolute Gasteiger partial charge is 0.493 e. The fourth-order valence-electron chi connectivity index (χ4n) is 2.17. The summed E-state index contributed by atoms with van der Waals surface area (Å²) in [5, 5.41) is 2.74. The Morgan fingerprint density at radius 3 is 3.05 bits per heavy atom. The molecule has 0 unspecified atom stereocenters. The highest BCUT2D eigenvalue weighted by molar-refractivity contribution is 5.92. The first-order valence-corrected chi connectivity index (χ1v) is 6.65. The highest BCUT2D eigenvalue weighted by atomic mass is 19.1. The van der Waals surface area contributed by atoms with Crippen LogP contribution in [0.3, 0.4) is 0 Å². The summed E-state index contributed by atoms with van der Waals surface area (Å²) in [5.41, 5.74) is 1.78. The van der Waals surface area contributed by atoms with Gasteiger partial charge in [0.05, 0.1) is 6.61 Å². The van der Waals surface area contributed by atoms with Crippen molar-refractivity contribution >= 4 is 11.6 Å². The van der Waals surface area contributed by atoms with E-state index in [0.29, 0.717) is 18.0 Å². The molecule has 5 heteroatoms. The third-order valence-electron chi connectivity index (χ3n) is 3.14. The van der Waals surface area contributed by atoms with Crippen molar-refractivity contribution in [3.63, 3.8) is 0 Å². The van der Waals surface area contributed by atoms with Gasteiger partial charge in [0, 0.05) is 18.2 Å². The first-order valence-electron chi connectivity index (χ1n) is 6.65. The van der Waals surface area contributed by atoms with E-state index < -0.39 is 5.82 Å². The van der Waals surface area contributed by atoms with Crippen LogP contribution in [0.25, 0.3) is 0 Å². The van der Waals surface area contributed by atoms with Gasteiger partial charge in [-0.2, -0.15) is 0 Å². The van der Waals surface area contributed by atoms with Crippen molar-refractivity contribution in [3.05, 3.63) is 53.8 Å². The molecule has 0 fully saturated rings. The van der Waals surface area contributed by atoms with Gasteiger partial charge >= 0.3 is 0 Å². The third-order valence-corrected chi connectivity index (χ3v) is 3.14. The van der Waals surface area contributed by atoms with Gasteiger partial charge in [-0.1, -0.05) is 6.07 Å². The molecule has 21 heavy (non-hydrogen) atoms. The number of amides is 1. The Morgan fingerprint density at radius 2 is 2.19 bits per heavy atom. The van der Waals surface area contributed by atoms with E-state index in [-0.39, 0.29) is 12.5 Å². The van der Waals surface area contributed by atoms with Crippen molar-refractivity contribution in [1.82, 2.24) is 0 Å². The number of halogens is 1. The number of hydrogen-bond acceptors (Lipinski definition) is 3. The molecule has 108 valence electrons. The highest BCUT2D eigenvalue weighted by Gasteiger charge is 2.13. The zero-order chi connectivity index (χ0) is 14.7. The van der Waals surface area contributed by atoms with E-state index >= 15 is 0 Å². The molecule has 3 rings (SSSR count). The minimum absolute atomic E-state index is 0.170. The molecular weight excluding hydrogens is 273 g/mol. The number of fused-ring (bicyclic) bond motifs is 1. The minimum atomic E-state index is -0.397. The molecule has 1 amide bonds. The lowest BCUT2D eigenvalue weighted by Gasteiger charge is -2.08. The minimum Gasteiger partial charge on any atom is -0.493 e. The molecule has 0 aromatic heterocycles. The number of anilines is 1. The quantitative estimate of drug-likeness (QED) is 0.940. The molecule has 0 bridgehead atoms. The van der Waals surface area contributed by atoms with Crippen LogP contribution in [0.4, 0.5) is 10.1 Å².